The van der Waals surface area contributed by atoms with Crippen molar-refractivity contribution in [3.63, 3.8) is 0 Å². The first kappa shape index (κ1) is 17.8. The van der Waals surface area contributed by atoms with E-state index in [1.165, 1.54) is 12.1 Å². The fraction of sp³-hybridized carbons (Fsp3) is 0.615. The Morgan fingerprint density at radius 1 is 1.40 bits per heavy atom. The van der Waals surface area contributed by atoms with Crippen LogP contribution < -0.4 is 4.72 Å². The highest BCUT2D eigenvalue weighted by Crippen LogP contribution is 2.29. The molecule has 0 radical (unpaired) electrons. The minimum absolute atomic E-state index is 0.138. The Morgan fingerprint density at radius 2 is 2.00 bits per heavy atom. The first-order chi connectivity index (χ1) is 9.10. The van der Waals surface area contributed by atoms with Gasteiger partial charge in [0, 0.05) is 18.0 Å². The monoisotopic (exact) mass is 366 g/mol. The average Bonchev–Trinajstić information content (AvgIpc) is 2.31. The third-order valence-corrected chi connectivity index (χ3v) is 5.01. The summed E-state index contributed by atoms with van der Waals surface area (Å²) in [5.74, 6) is -0.498. The molecule has 1 heterocycles. The molecule has 2 N–H and O–H groups in total. The van der Waals surface area contributed by atoms with E-state index in [1.807, 2.05) is 20.8 Å². The SMILES string of the molecule is CC(C)(C)[S@@+]([O-])N[C@@](C)(CCO)c1nc(Br)ccc1F. The van der Waals surface area contributed by atoms with Crippen LogP contribution in [0.2, 0.25) is 0 Å². The maximum Gasteiger partial charge on any atom is 0.146 e. The van der Waals surface area contributed by atoms with Gasteiger partial charge in [0.05, 0.1) is 0 Å². The molecule has 1 aromatic rings. The summed E-state index contributed by atoms with van der Waals surface area (Å²) in [4.78, 5) is 4.13. The van der Waals surface area contributed by atoms with Gasteiger partial charge in [0.1, 0.15) is 26.4 Å². The molecule has 20 heavy (non-hydrogen) atoms. The largest absolute Gasteiger partial charge is 0.598 e. The van der Waals surface area contributed by atoms with Crippen molar-refractivity contribution in [3.05, 3.63) is 28.2 Å². The summed E-state index contributed by atoms with van der Waals surface area (Å²) in [5, 5.41) is 9.24. The lowest BCUT2D eigenvalue weighted by molar-refractivity contribution is 0.231. The first-order valence-corrected chi connectivity index (χ1v) is 8.17. The summed E-state index contributed by atoms with van der Waals surface area (Å²) in [5.41, 5.74) is -0.876. The van der Waals surface area contributed by atoms with Crippen molar-refractivity contribution in [3.8, 4) is 0 Å². The molecular formula is C13H20BrFN2O2S. The number of halogens is 2. The fourth-order valence-electron chi connectivity index (χ4n) is 1.60. The van der Waals surface area contributed by atoms with Gasteiger partial charge in [0.25, 0.3) is 0 Å². The lowest BCUT2D eigenvalue weighted by Gasteiger charge is -2.34. The van der Waals surface area contributed by atoms with Crippen LogP contribution in [0.5, 0.6) is 0 Å². The maximum absolute atomic E-state index is 14.0. The summed E-state index contributed by atoms with van der Waals surface area (Å²) in [6.07, 6.45) is 0.204. The smallest absolute Gasteiger partial charge is 0.146 e. The highest BCUT2D eigenvalue weighted by Gasteiger charge is 2.39. The van der Waals surface area contributed by atoms with Gasteiger partial charge in [-0.3, -0.25) is 0 Å². The molecule has 0 aliphatic heterocycles. The van der Waals surface area contributed by atoms with Gasteiger partial charge in [0.15, 0.2) is 0 Å². The number of aromatic nitrogens is 1. The zero-order chi connectivity index (χ0) is 15.6. The highest BCUT2D eigenvalue weighted by atomic mass is 79.9. The van der Waals surface area contributed by atoms with Gasteiger partial charge in [-0.05, 0) is 62.2 Å². The summed E-state index contributed by atoms with van der Waals surface area (Å²) in [6.45, 7) is 6.98. The third kappa shape index (κ3) is 4.39. The molecule has 0 spiro atoms. The van der Waals surface area contributed by atoms with Crippen molar-refractivity contribution in [2.75, 3.05) is 6.61 Å². The Kier molecular flexibility index (Phi) is 5.98. The predicted octanol–water partition coefficient (Wildman–Crippen LogP) is 2.63. The van der Waals surface area contributed by atoms with E-state index in [2.05, 4.69) is 25.6 Å². The average molecular weight is 367 g/mol. The van der Waals surface area contributed by atoms with Gasteiger partial charge in [-0.15, -0.1) is 4.72 Å². The summed E-state index contributed by atoms with van der Waals surface area (Å²) in [7, 11) is 0. The summed E-state index contributed by atoms with van der Waals surface area (Å²) < 4.78 is 29.2. The van der Waals surface area contributed by atoms with E-state index in [9.17, 15) is 14.0 Å². The molecule has 0 aromatic carbocycles. The molecule has 0 saturated heterocycles. The second-order valence-electron chi connectivity index (χ2n) is 5.75. The van der Waals surface area contributed by atoms with Crippen LogP contribution in [0.25, 0.3) is 0 Å². The number of nitrogens with one attached hydrogen (secondary N) is 1. The summed E-state index contributed by atoms with van der Waals surface area (Å²) in [6, 6.07) is 2.79. The standard InChI is InChI=1S/C13H20BrFN2O2S/c1-12(2,3)20(19)17-13(4,7-8-18)11-9(15)5-6-10(14)16-11/h5-6,17-18H,7-8H2,1-4H3/t13-,20+/m0/s1. The number of aliphatic hydroxyl groups is 1. The van der Waals surface area contributed by atoms with E-state index in [0.717, 1.165) is 0 Å². The Labute approximate surface area is 130 Å². The second kappa shape index (κ2) is 6.70. The van der Waals surface area contributed by atoms with Crippen LogP contribution in [0.15, 0.2) is 16.7 Å². The minimum atomic E-state index is -1.41. The van der Waals surface area contributed by atoms with Gasteiger partial charge in [0.2, 0.25) is 0 Å². The molecule has 4 nitrogen and oxygen atoms in total. The number of hydrogen-bond acceptors (Lipinski definition) is 4. The van der Waals surface area contributed by atoms with Crippen molar-refractivity contribution in [2.45, 2.75) is 44.4 Å². The maximum atomic E-state index is 14.0. The minimum Gasteiger partial charge on any atom is -0.598 e. The summed E-state index contributed by atoms with van der Waals surface area (Å²) >= 11 is 1.79. The van der Waals surface area contributed by atoms with Crippen LogP contribution in [0.4, 0.5) is 4.39 Å². The van der Waals surface area contributed by atoms with Crippen LogP contribution in [0.1, 0.15) is 39.8 Å². The van der Waals surface area contributed by atoms with Gasteiger partial charge in [-0.25, -0.2) is 9.37 Å². The van der Waals surface area contributed by atoms with Crippen molar-refractivity contribution >= 4 is 27.3 Å². The topological polar surface area (TPSA) is 68.2 Å². The molecule has 0 fully saturated rings. The Balaban J connectivity index is 3.17. The van der Waals surface area contributed by atoms with E-state index in [4.69, 9.17) is 0 Å². The van der Waals surface area contributed by atoms with Crippen LogP contribution in [-0.4, -0.2) is 26.0 Å². The van der Waals surface area contributed by atoms with E-state index in [1.54, 1.807) is 6.92 Å². The predicted molar refractivity (Wildman–Crippen MR) is 82.0 cm³/mol. The molecule has 114 valence electrons. The molecule has 7 heteroatoms. The Hall–Kier alpha value is -0.210. The molecule has 0 unspecified atom stereocenters. The lowest BCUT2D eigenvalue weighted by Crippen LogP contribution is -2.51. The van der Waals surface area contributed by atoms with Crippen LogP contribution in [-0.2, 0) is 16.9 Å². The van der Waals surface area contributed by atoms with Crippen molar-refractivity contribution in [2.24, 2.45) is 0 Å². The van der Waals surface area contributed by atoms with Crippen LogP contribution >= 0.6 is 15.9 Å². The number of hydrogen-bond donors (Lipinski definition) is 2. The fourth-order valence-corrected chi connectivity index (χ4v) is 2.83. The number of rotatable bonds is 5. The molecule has 0 aliphatic rings. The van der Waals surface area contributed by atoms with E-state index in [0.29, 0.717) is 4.60 Å². The Morgan fingerprint density at radius 3 is 2.50 bits per heavy atom. The molecule has 1 rings (SSSR count). The highest BCUT2D eigenvalue weighted by molar-refractivity contribution is 9.10. The van der Waals surface area contributed by atoms with Crippen molar-refractivity contribution in [1.82, 2.24) is 9.71 Å². The van der Waals surface area contributed by atoms with Crippen molar-refractivity contribution in [1.29, 1.82) is 0 Å². The number of pyridine rings is 1. The Bertz CT molecular complexity index is 470. The number of aliphatic hydroxyl groups excluding tert-OH is 1. The van der Waals surface area contributed by atoms with E-state index >= 15 is 0 Å². The molecule has 0 aliphatic carbocycles. The molecule has 2 atom stereocenters. The zero-order valence-electron chi connectivity index (χ0n) is 12.0. The molecule has 0 saturated carbocycles. The van der Waals surface area contributed by atoms with Gasteiger partial charge in [-0.2, -0.15) is 0 Å². The van der Waals surface area contributed by atoms with Crippen LogP contribution in [0.3, 0.4) is 0 Å². The zero-order valence-corrected chi connectivity index (χ0v) is 14.4. The molecule has 1 aromatic heterocycles. The lowest BCUT2D eigenvalue weighted by atomic mass is 9.94. The van der Waals surface area contributed by atoms with E-state index in [-0.39, 0.29) is 18.7 Å². The van der Waals surface area contributed by atoms with E-state index < -0.39 is 27.5 Å². The second-order valence-corrected chi connectivity index (χ2v) is 8.53. The quantitative estimate of drug-likeness (QED) is 0.620. The van der Waals surface area contributed by atoms with Gasteiger partial charge >= 0.3 is 0 Å². The van der Waals surface area contributed by atoms with Gasteiger partial charge in [-0.1, -0.05) is 0 Å². The molecule has 0 bridgehead atoms. The van der Waals surface area contributed by atoms with Gasteiger partial charge < -0.3 is 9.66 Å². The molecular weight excluding hydrogens is 347 g/mol. The first-order valence-electron chi connectivity index (χ1n) is 6.23. The number of nitrogens with zero attached hydrogens (tertiary/aromatic N) is 1. The van der Waals surface area contributed by atoms with Crippen molar-refractivity contribution < 1.29 is 14.0 Å². The normalized spacial score (nSPS) is 16.8. The molecule has 0 amide bonds. The third-order valence-electron chi connectivity index (χ3n) is 2.82. The van der Waals surface area contributed by atoms with Crippen LogP contribution in [0, 0.1) is 5.82 Å².